The molecule has 0 spiro atoms. The van der Waals surface area contributed by atoms with Crippen LogP contribution in [0.5, 0.6) is 5.75 Å². The van der Waals surface area contributed by atoms with Crippen molar-refractivity contribution < 1.29 is 5.11 Å². The molecule has 0 amide bonds. The van der Waals surface area contributed by atoms with Crippen molar-refractivity contribution in [3.63, 3.8) is 0 Å². The van der Waals surface area contributed by atoms with Crippen molar-refractivity contribution in [2.45, 2.75) is 13.5 Å². The Kier molecular flexibility index (Phi) is 1.96. The first-order valence-electron chi connectivity index (χ1n) is 4.41. The Labute approximate surface area is 80.4 Å². The molecule has 1 aromatic heterocycles. The number of aryl methyl sites for hydroxylation is 1. The van der Waals surface area contributed by atoms with E-state index in [2.05, 4.69) is 5.10 Å². The van der Waals surface area contributed by atoms with E-state index in [1.165, 1.54) is 12.3 Å². The van der Waals surface area contributed by atoms with Crippen LogP contribution < -0.4 is 5.43 Å². The predicted octanol–water partition coefficient (Wildman–Crippen LogP) is 1.12. The third kappa shape index (κ3) is 1.25. The van der Waals surface area contributed by atoms with Gasteiger partial charge in [-0.25, -0.2) is 0 Å². The van der Waals surface area contributed by atoms with Gasteiger partial charge >= 0.3 is 0 Å². The summed E-state index contributed by atoms with van der Waals surface area (Å²) in [5, 5.41) is 13.8. The molecule has 0 aliphatic carbocycles. The molecular weight excluding hydrogens is 180 g/mol. The van der Waals surface area contributed by atoms with E-state index in [0.717, 1.165) is 0 Å². The number of hydrogen-bond acceptors (Lipinski definition) is 3. The first kappa shape index (κ1) is 8.74. The predicted molar refractivity (Wildman–Crippen MR) is 53.3 cm³/mol. The van der Waals surface area contributed by atoms with Crippen molar-refractivity contribution in [3.8, 4) is 5.75 Å². The summed E-state index contributed by atoms with van der Waals surface area (Å²) >= 11 is 0. The monoisotopic (exact) mass is 190 g/mol. The lowest BCUT2D eigenvalue weighted by Gasteiger charge is -2.05. The van der Waals surface area contributed by atoms with Gasteiger partial charge in [0.05, 0.1) is 11.7 Å². The van der Waals surface area contributed by atoms with Gasteiger partial charge in [-0.3, -0.25) is 9.48 Å². The number of benzene rings is 1. The van der Waals surface area contributed by atoms with Crippen molar-refractivity contribution in [2.75, 3.05) is 0 Å². The van der Waals surface area contributed by atoms with E-state index >= 15 is 0 Å². The van der Waals surface area contributed by atoms with Crippen LogP contribution in [0.3, 0.4) is 0 Å². The normalized spacial score (nSPS) is 10.6. The van der Waals surface area contributed by atoms with E-state index in [4.69, 9.17) is 0 Å². The Bertz CT molecular complexity index is 531. The highest BCUT2D eigenvalue weighted by atomic mass is 16.3. The van der Waals surface area contributed by atoms with Crippen molar-refractivity contribution in [1.82, 2.24) is 9.78 Å². The van der Waals surface area contributed by atoms with Gasteiger partial charge in [0.15, 0.2) is 0 Å². The van der Waals surface area contributed by atoms with Crippen molar-refractivity contribution in [3.05, 3.63) is 34.6 Å². The maximum Gasteiger partial charge on any atom is 0.207 e. The number of aromatic hydroxyl groups is 1. The number of hydrogen-bond donors (Lipinski definition) is 1. The summed E-state index contributed by atoms with van der Waals surface area (Å²) < 4.78 is 1.68. The highest BCUT2D eigenvalue weighted by Crippen LogP contribution is 2.15. The molecule has 4 nitrogen and oxygen atoms in total. The zero-order valence-corrected chi connectivity index (χ0v) is 7.77. The molecule has 0 unspecified atom stereocenters. The summed E-state index contributed by atoms with van der Waals surface area (Å²) in [7, 11) is 0. The molecule has 0 aliphatic rings. The van der Waals surface area contributed by atoms with E-state index in [1.54, 1.807) is 16.8 Å². The van der Waals surface area contributed by atoms with Crippen molar-refractivity contribution in [1.29, 1.82) is 0 Å². The van der Waals surface area contributed by atoms with E-state index in [0.29, 0.717) is 17.4 Å². The molecule has 0 fully saturated rings. The number of fused-ring (bicyclic) bond motifs is 1. The minimum atomic E-state index is -0.121. The second-order valence-electron chi connectivity index (χ2n) is 3.03. The van der Waals surface area contributed by atoms with Crippen molar-refractivity contribution >= 4 is 10.9 Å². The summed E-state index contributed by atoms with van der Waals surface area (Å²) in [6, 6.07) is 4.66. The summed E-state index contributed by atoms with van der Waals surface area (Å²) in [5.41, 5.74) is 0.546. The second-order valence-corrected chi connectivity index (χ2v) is 3.03. The molecule has 0 radical (unpaired) electrons. The zero-order chi connectivity index (χ0) is 10.1. The Hall–Kier alpha value is -1.84. The smallest absolute Gasteiger partial charge is 0.207 e. The summed E-state index contributed by atoms with van der Waals surface area (Å²) in [4.78, 5) is 11.4. The molecule has 0 atom stereocenters. The maximum absolute atomic E-state index is 11.4. The molecule has 14 heavy (non-hydrogen) atoms. The molecule has 0 bridgehead atoms. The molecule has 1 aromatic carbocycles. The minimum absolute atomic E-state index is 0.121. The SMILES string of the molecule is CCn1ncc(=O)c2ccc(O)cc21. The number of phenols is 1. The van der Waals surface area contributed by atoms with Crippen LogP contribution in [0.2, 0.25) is 0 Å². The molecule has 0 saturated carbocycles. The largest absolute Gasteiger partial charge is 0.508 e. The fourth-order valence-corrected chi connectivity index (χ4v) is 1.45. The van der Waals surface area contributed by atoms with Gasteiger partial charge in [0.1, 0.15) is 5.75 Å². The lowest BCUT2D eigenvalue weighted by Crippen LogP contribution is -2.10. The van der Waals surface area contributed by atoms with Crippen molar-refractivity contribution in [2.24, 2.45) is 0 Å². The Balaban J connectivity index is 2.92. The van der Waals surface area contributed by atoms with Gasteiger partial charge < -0.3 is 5.11 Å². The van der Waals surface area contributed by atoms with Gasteiger partial charge in [-0.2, -0.15) is 5.10 Å². The van der Waals surface area contributed by atoms with Crippen LogP contribution in [-0.4, -0.2) is 14.9 Å². The topological polar surface area (TPSA) is 55.1 Å². The molecule has 4 heteroatoms. The zero-order valence-electron chi connectivity index (χ0n) is 7.77. The maximum atomic E-state index is 11.4. The molecule has 72 valence electrons. The van der Waals surface area contributed by atoms with Crippen LogP contribution in [0, 0.1) is 0 Å². The van der Waals surface area contributed by atoms with E-state index in [-0.39, 0.29) is 11.2 Å². The Morgan fingerprint density at radius 1 is 1.50 bits per heavy atom. The van der Waals surface area contributed by atoms with Crippen LogP contribution in [0.15, 0.2) is 29.2 Å². The Morgan fingerprint density at radius 2 is 2.29 bits per heavy atom. The second kappa shape index (κ2) is 3.14. The van der Waals surface area contributed by atoms with Crippen LogP contribution in [0.4, 0.5) is 0 Å². The lowest BCUT2D eigenvalue weighted by atomic mass is 10.2. The summed E-state index contributed by atoms with van der Waals surface area (Å²) in [6.07, 6.45) is 1.29. The molecule has 0 aliphatic heterocycles. The van der Waals surface area contributed by atoms with Gasteiger partial charge in [-0.15, -0.1) is 0 Å². The first-order valence-corrected chi connectivity index (χ1v) is 4.41. The molecule has 2 rings (SSSR count). The highest BCUT2D eigenvalue weighted by molar-refractivity contribution is 5.79. The fraction of sp³-hybridized carbons (Fsp3) is 0.200. The van der Waals surface area contributed by atoms with Gasteiger partial charge in [0.25, 0.3) is 0 Å². The summed E-state index contributed by atoms with van der Waals surface area (Å²) in [5.74, 6) is 0.145. The van der Waals surface area contributed by atoms with Gasteiger partial charge in [-0.1, -0.05) is 0 Å². The van der Waals surface area contributed by atoms with Gasteiger partial charge in [-0.05, 0) is 19.1 Å². The van der Waals surface area contributed by atoms with E-state index in [9.17, 15) is 9.90 Å². The van der Waals surface area contributed by atoms with E-state index in [1.807, 2.05) is 6.92 Å². The third-order valence-electron chi connectivity index (χ3n) is 2.14. The number of phenolic OH excluding ortho intramolecular Hbond substituents is 1. The molecule has 1 N–H and O–H groups in total. The van der Waals surface area contributed by atoms with Crippen LogP contribution in [0.1, 0.15) is 6.92 Å². The average molecular weight is 190 g/mol. The highest BCUT2D eigenvalue weighted by Gasteiger charge is 2.02. The minimum Gasteiger partial charge on any atom is -0.508 e. The van der Waals surface area contributed by atoms with Gasteiger partial charge in [0.2, 0.25) is 5.43 Å². The Morgan fingerprint density at radius 3 is 3.00 bits per heavy atom. The quantitative estimate of drug-likeness (QED) is 0.733. The number of aromatic nitrogens is 2. The molecule has 2 aromatic rings. The molecule has 0 saturated heterocycles. The first-order chi connectivity index (χ1) is 6.72. The summed E-state index contributed by atoms with van der Waals surface area (Å²) in [6.45, 7) is 2.60. The van der Waals surface area contributed by atoms with Crippen LogP contribution >= 0.6 is 0 Å². The van der Waals surface area contributed by atoms with Crippen LogP contribution in [0.25, 0.3) is 10.9 Å². The van der Waals surface area contributed by atoms with Crippen LogP contribution in [-0.2, 0) is 6.54 Å². The number of nitrogens with zero attached hydrogens (tertiary/aromatic N) is 2. The number of rotatable bonds is 1. The third-order valence-corrected chi connectivity index (χ3v) is 2.14. The lowest BCUT2D eigenvalue weighted by molar-refractivity contribution is 0.475. The van der Waals surface area contributed by atoms with Gasteiger partial charge in [0, 0.05) is 18.0 Å². The average Bonchev–Trinajstić information content (AvgIpc) is 2.18. The fourth-order valence-electron chi connectivity index (χ4n) is 1.45. The standard InChI is InChI=1S/C10H10N2O2/c1-2-12-9-5-7(13)3-4-8(9)10(14)6-11-12/h3-6,13H,2H2,1H3. The molecular formula is C10H10N2O2. The molecule has 1 heterocycles. The van der Waals surface area contributed by atoms with E-state index < -0.39 is 0 Å².